The van der Waals surface area contributed by atoms with Crippen LogP contribution in [-0.2, 0) is 4.74 Å². The Morgan fingerprint density at radius 2 is 1.90 bits per heavy atom. The maximum absolute atomic E-state index is 11.8. The molecule has 2 aromatic rings. The number of methoxy groups -OCH3 is 1. The van der Waals surface area contributed by atoms with Crippen molar-refractivity contribution in [1.29, 1.82) is 0 Å². The lowest BCUT2D eigenvalue weighted by Crippen LogP contribution is -2.07. The van der Waals surface area contributed by atoms with Crippen molar-refractivity contribution in [2.24, 2.45) is 0 Å². The first-order valence-corrected chi connectivity index (χ1v) is 6.57. The molecule has 0 aliphatic heterocycles. The average molecular weight is 332 g/mol. The topological polar surface area (TPSA) is 65.2 Å². The van der Waals surface area contributed by atoms with E-state index in [1.54, 1.807) is 12.1 Å². The molecule has 0 amide bonds. The van der Waals surface area contributed by atoms with Crippen LogP contribution in [0.4, 0.5) is 5.82 Å². The minimum Gasteiger partial charge on any atom is -0.465 e. The fourth-order valence-corrected chi connectivity index (χ4v) is 2.39. The van der Waals surface area contributed by atoms with Crippen LogP contribution in [0.5, 0.6) is 0 Å². The number of halogens is 3. The molecule has 1 heterocycles. The first-order valence-electron chi connectivity index (χ1n) is 5.44. The average Bonchev–Trinajstić information content (AvgIpc) is 2.45. The minimum absolute atomic E-state index is 0.146. The summed E-state index contributed by atoms with van der Waals surface area (Å²) >= 11 is 18.1. The molecule has 0 saturated heterocycles. The number of ether oxygens (including phenoxy) is 1. The quantitative estimate of drug-likeness (QED) is 0.665. The number of hydrogen-bond donors (Lipinski definition) is 1. The molecule has 1 aromatic carbocycles. The number of esters is 1. The van der Waals surface area contributed by atoms with Gasteiger partial charge in [-0.1, -0.05) is 40.9 Å². The van der Waals surface area contributed by atoms with Crippen LogP contribution >= 0.6 is 34.8 Å². The van der Waals surface area contributed by atoms with Crippen LogP contribution in [0.2, 0.25) is 15.1 Å². The number of rotatable bonds is 2. The summed E-state index contributed by atoms with van der Waals surface area (Å²) in [5, 5.41) is 0.691. The number of carbonyl (C=O) groups excluding carboxylic acids is 1. The zero-order valence-corrected chi connectivity index (χ0v) is 12.6. The number of nitrogens with two attached hydrogens (primary N) is 1. The highest BCUT2D eigenvalue weighted by Gasteiger charge is 2.20. The first-order chi connectivity index (χ1) is 9.47. The summed E-state index contributed by atoms with van der Waals surface area (Å²) in [7, 11) is 1.28. The lowest BCUT2D eigenvalue weighted by atomic mass is 10.0. The monoisotopic (exact) mass is 330 g/mol. The van der Waals surface area contributed by atoms with E-state index in [2.05, 4.69) is 4.98 Å². The molecular weight excluding hydrogens is 323 g/mol. The van der Waals surface area contributed by atoms with Crippen molar-refractivity contribution in [2.45, 2.75) is 0 Å². The SMILES string of the molecule is COC(=O)c1ccnc(N)c1-c1ccc(Cl)c(Cl)c1Cl. The number of aromatic nitrogens is 1. The molecule has 0 fully saturated rings. The van der Waals surface area contributed by atoms with Gasteiger partial charge in [-0.2, -0.15) is 0 Å². The third kappa shape index (κ3) is 2.54. The van der Waals surface area contributed by atoms with Crippen molar-refractivity contribution in [1.82, 2.24) is 4.98 Å². The van der Waals surface area contributed by atoms with E-state index in [1.807, 2.05) is 0 Å². The van der Waals surface area contributed by atoms with Gasteiger partial charge in [0.05, 0.1) is 27.7 Å². The number of anilines is 1. The summed E-state index contributed by atoms with van der Waals surface area (Å²) in [6.45, 7) is 0. The maximum atomic E-state index is 11.8. The van der Waals surface area contributed by atoms with Crippen molar-refractivity contribution in [3.8, 4) is 11.1 Å². The molecule has 1 aromatic heterocycles. The van der Waals surface area contributed by atoms with Gasteiger partial charge in [-0.05, 0) is 12.1 Å². The number of pyridine rings is 1. The lowest BCUT2D eigenvalue weighted by Gasteiger charge is -2.13. The summed E-state index contributed by atoms with van der Waals surface area (Å²) in [6, 6.07) is 4.69. The van der Waals surface area contributed by atoms with Gasteiger partial charge < -0.3 is 10.5 Å². The van der Waals surface area contributed by atoms with E-state index in [1.165, 1.54) is 19.4 Å². The number of nitrogen functional groups attached to an aromatic ring is 1. The van der Waals surface area contributed by atoms with Gasteiger partial charge in [0.15, 0.2) is 0 Å². The zero-order chi connectivity index (χ0) is 14.9. The predicted octanol–water partition coefficient (Wildman–Crippen LogP) is 4.08. The fourth-order valence-electron chi connectivity index (χ4n) is 1.76. The van der Waals surface area contributed by atoms with Gasteiger partial charge in [0.1, 0.15) is 5.82 Å². The van der Waals surface area contributed by atoms with Crippen molar-refractivity contribution in [3.63, 3.8) is 0 Å². The van der Waals surface area contributed by atoms with Crippen molar-refractivity contribution < 1.29 is 9.53 Å². The summed E-state index contributed by atoms with van der Waals surface area (Å²) < 4.78 is 4.72. The number of carbonyl (C=O) groups is 1. The standard InChI is InChI=1S/C13H9Cl3N2O2/c1-20-13(19)7-4-5-18-12(17)9(7)6-2-3-8(14)11(16)10(6)15/h2-5H,1H3,(H2,17,18). The Kier molecular flexibility index (Phi) is 4.38. The molecule has 0 spiro atoms. The van der Waals surface area contributed by atoms with Gasteiger partial charge in [-0.15, -0.1) is 0 Å². The Hall–Kier alpha value is -1.49. The lowest BCUT2D eigenvalue weighted by molar-refractivity contribution is 0.0601. The van der Waals surface area contributed by atoms with E-state index in [0.29, 0.717) is 16.1 Å². The summed E-state index contributed by atoms with van der Waals surface area (Å²) in [6.07, 6.45) is 1.41. The van der Waals surface area contributed by atoms with E-state index in [-0.39, 0.29) is 21.4 Å². The molecule has 7 heteroatoms. The van der Waals surface area contributed by atoms with Crippen LogP contribution in [0.25, 0.3) is 11.1 Å². The molecule has 0 aliphatic carbocycles. The summed E-state index contributed by atoms with van der Waals surface area (Å²) in [5.74, 6) is -0.399. The molecule has 2 N–H and O–H groups in total. The molecule has 4 nitrogen and oxygen atoms in total. The summed E-state index contributed by atoms with van der Waals surface area (Å²) in [4.78, 5) is 15.8. The van der Waals surface area contributed by atoms with Crippen LogP contribution in [-0.4, -0.2) is 18.1 Å². The highest BCUT2D eigenvalue weighted by atomic mass is 35.5. The third-order valence-electron chi connectivity index (χ3n) is 2.69. The Morgan fingerprint density at radius 3 is 2.55 bits per heavy atom. The number of nitrogens with zero attached hydrogens (tertiary/aromatic N) is 1. The van der Waals surface area contributed by atoms with Crippen LogP contribution in [0.15, 0.2) is 24.4 Å². The fraction of sp³-hybridized carbons (Fsp3) is 0.0769. The molecule has 0 aliphatic rings. The van der Waals surface area contributed by atoms with Gasteiger partial charge in [0.2, 0.25) is 0 Å². The van der Waals surface area contributed by atoms with E-state index in [4.69, 9.17) is 45.3 Å². The van der Waals surface area contributed by atoms with Crippen molar-refractivity contribution in [2.75, 3.05) is 12.8 Å². The minimum atomic E-state index is -0.545. The smallest absolute Gasteiger partial charge is 0.338 e. The molecular formula is C13H9Cl3N2O2. The number of benzene rings is 1. The molecule has 2 rings (SSSR count). The van der Waals surface area contributed by atoms with Crippen LogP contribution in [0.1, 0.15) is 10.4 Å². The van der Waals surface area contributed by atoms with Gasteiger partial charge in [-0.3, -0.25) is 0 Å². The van der Waals surface area contributed by atoms with Gasteiger partial charge in [0, 0.05) is 17.3 Å². The summed E-state index contributed by atoms with van der Waals surface area (Å²) in [5.41, 5.74) is 6.93. The molecule has 0 unspecified atom stereocenters. The van der Waals surface area contributed by atoms with Crippen LogP contribution in [0.3, 0.4) is 0 Å². The normalized spacial score (nSPS) is 10.4. The number of hydrogen-bond acceptors (Lipinski definition) is 4. The second-order valence-corrected chi connectivity index (χ2v) is 5.00. The van der Waals surface area contributed by atoms with E-state index in [0.717, 1.165) is 0 Å². The molecule has 0 bridgehead atoms. The highest BCUT2D eigenvalue weighted by molar-refractivity contribution is 6.49. The second kappa shape index (κ2) is 5.87. The predicted molar refractivity (Wildman–Crippen MR) is 80.5 cm³/mol. The van der Waals surface area contributed by atoms with Crippen molar-refractivity contribution >= 4 is 46.6 Å². The van der Waals surface area contributed by atoms with E-state index < -0.39 is 5.97 Å². The Morgan fingerprint density at radius 1 is 1.20 bits per heavy atom. The van der Waals surface area contributed by atoms with Crippen LogP contribution in [0, 0.1) is 0 Å². The molecule has 0 radical (unpaired) electrons. The Labute approximate surface area is 130 Å². The zero-order valence-electron chi connectivity index (χ0n) is 10.3. The van der Waals surface area contributed by atoms with Crippen molar-refractivity contribution in [3.05, 3.63) is 45.0 Å². The van der Waals surface area contributed by atoms with E-state index >= 15 is 0 Å². The largest absolute Gasteiger partial charge is 0.465 e. The van der Waals surface area contributed by atoms with Gasteiger partial charge in [-0.25, -0.2) is 9.78 Å². The van der Waals surface area contributed by atoms with Crippen LogP contribution < -0.4 is 5.73 Å². The Bertz CT molecular complexity index is 690. The third-order valence-corrected chi connectivity index (χ3v) is 3.98. The maximum Gasteiger partial charge on any atom is 0.338 e. The van der Waals surface area contributed by atoms with Gasteiger partial charge in [0.25, 0.3) is 0 Å². The molecule has 104 valence electrons. The molecule has 0 atom stereocenters. The second-order valence-electron chi connectivity index (χ2n) is 3.83. The first kappa shape index (κ1) is 14.9. The van der Waals surface area contributed by atoms with E-state index in [9.17, 15) is 4.79 Å². The highest BCUT2D eigenvalue weighted by Crippen LogP contribution is 2.40. The molecule has 20 heavy (non-hydrogen) atoms. The molecule has 0 saturated carbocycles. The Balaban J connectivity index is 2.76. The van der Waals surface area contributed by atoms with Gasteiger partial charge >= 0.3 is 5.97 Å².